The van der Waals surface area contributed by atoms with Crippen molar-refractivity contribution >= 4 is 16.8 Å². The van der Waals surface area contributed by atoms with Crippen LogP contribution in [0.2, 0.25) is 0 Å². The van der Waals surface area contributed by atoms with Crippen molar-refractivity contribution in [1.29, 1.82) is 0 Å². The second-order valence-electron chi connectivity index (χ2n) is 6.66. The Bertz CT molecular complexity index is 830. The number of H-pyrrole nitrogens is 1. The van der Waals surface area contributed by atoms with Gasteiger partial charge in [-0.2, -0.15) is 5.10 Å². The van der Waals surface area contributed by atoms with Gasteiger partial charge in [0.15, 0.2) is 0 Å². The number of likely N-dealkylation sites (tertiary alicyclic amines) is 1. The van der Waals surface area contributed by atoms with Gasteiger partial charge >= 0.3 is 0 Å². The second kappa shape index (κ2) is 6.15. The summed E-state index contributed by atoms with van der Waals surface area (Å²) in [5, 5.41) is 5.46. The Morgan fingerprint density at radius 3 is 3.00 bits per heavy atom. The molecule has 1 aliphatic rings. The number of carbonyl (C=O) groups excluding carboxylic acids is 1. The standard InChI is InChI=1S/C19H22N4O/c1-14-11-20-22(12-14)13-16-7-4-5-9-23(16)19(24)18-10-15-6-2-3-8-17(15)21-18/h2-3,6,8,10-12,16,21H,4-5,7,9,13H2,1H3/t16-/m1/s1. The third-order valence-corrected chi connectivity index (χ3v) is 4.81. The summed E-state index contributed by atoms with van der Waals surface area (Å²) >= 11 is 0. The van der Waals surface area contributed by atoms with Crippen molar-refractivity contribution in [2.45, 2.75) is 38.8 Å². The largest absolute Gasteiger partial charge is 0.351 e. The molecule has 1 aliphatic heterocycles. The predicted molar refractivity (Wildman–Crippen MR) is 93.9 cm³/mol. The number of rotatable bonds is 3. The van der Waals surface area contributed by atoms with Crippen molar-refractivity contribution in [2.75, 3.05) is 6.54 Å². The minimum Gasteiger partial charge on any atom is -0.351 e. The molecule has 0 radical (unpaired) electrons. The Morgan fingerprint density at radius 1 is 1.33 bits per heavy atom. The molecule has 1 atom stereocenters. The van der Waals surface area contributed by atoms with E-state index < -0.39 is 0 Å². The number of aromatic nitrogens is 3. The zero-order valence-electron chi connectivity index (χ0n) is 13.9. The Kier molecular flexibility index (Phi) is 3.84. The first kappa shape index (κ1) is 15.0. The molecule has 0 unspecified atom stereocenters. The van der Waals surface area contributed by atoms with E-state index in [2.05, 4.69) is 10.1 Å². The van der Waals surface area contributed by atoms with Gasteiger partial charge in [0.25, 0.3) is 5.91 Å². The maximum absolute atomic E-state index is 13.0. The predicted octanol–water partition coefficient (Wildman–Crippen LogP) is 3.37. The molecule has 124 valence electrons. The van der Waals surface area contributed by atoms with Crippen molar-refractivity contribution in [3.8, 4) is 0 Å². The van der Waals surface area contributed by atoms with E-state index >= 15 is 0 Å². The zero-order chi connectivity index (χ0) is 16.5. The number of nitrogens with one attached hydrogen (secondary N) is 1. The van der Waals surface area contributed by atoms with Crippen LogP contribution < -0.4 is 0 Å². The van der Waals surface area contributed by atoms with Gasteiger partial charge in [-0.3, -0.25) is 9.48 Å². The molecule has 5 heteroatoms. The van der Waals surface area contributed by atoms with Crippen LogP contribution in [0.5, 0.6) is 0 Å². The molecule has 1 amide bonds. The molecule has 3 aromatic rings. The smallest absolute Gasteiger partial charge is 0.270 e. The van der Waals surface area contributed by atoms with Crippen molar-refractivity contribution in [1.82, 2.24) is 19.7 Å². The molecule has 0 saturated carbocycles. The average Bonchev–Trinajstić information content (AvgIpc) is 3.20. The van der Waals surface area contributed by atoms with Crippen LogP contribution in [0.25, 0.3) is 10.9 Å². The number of piperidine rings is 1. The van der Waals surface area contributed by atoms with Gasteiger partial charge in [0.2, 0.25) is 0 Å². The Balaban J connectivity index is 1.58. The third-order valence-electron chi connectivity index (χ3n) is 4.81. The summed E-state index contributed by atoms with van der Waals surface area (Å²) in [4.78, 5) is 18.3. The number of amides is 1. The van der Waals surface area contributed by atoms with Crippen LogP contribution in [0.15, 0.2) is 42.7 Å². The normalized spacial score (nSPS) is 18.2. The summed E-state index contributed by atoms with van der Waals surface area (Å²) in [5.74, 6) is 0.0970. The lowest BCUT2D eigenvalue weighted by Crippen LogP contribution is -2.46. The molecule has 1 aromatic carbocycles. The minimum atomic E-state index is 0.0970. The summed E-state index contributed by atoms with van der Waals surface area (Å²) in [7, 11) is 0. The highest BCUT2D eigenvalue weighted by Crippen LogP contribution is 2.23. The number of aryl methyl sites for hydroxylation is 1. The average molecular weight is 322 g/mol. The first-order valence-electron chi connectivity index (χ1n) is 8.58. The number of carbonyl (C=O) groups is 1. The van der Waals surface area contributed by atoms with Gasteiger partial charge in [-0.05, 0) is 43.9 Å². The molecule has 0 aliphatic carbocycles. The van der Waals surface area contributed by atoms with Crippen molar-refractivity contribution in [3.63, 3.8) is 0 Å². The quantitative estimate of drug-likeness (QED) is 0.804. The summed E-state index contributed by atoms with van der Waals surface area (Å²) < 4.78 is 1.96. The van der Waals surface area contributed by atoms with Gasteiger partial charge in [-0.15, -0.1) is 0 Å². The van der Waals surface area contributed by atoms with E-state index in [0.29, 0.717) is 5.69 Å². The molecule has 1 saturated heterocycles. The molecular formula is C19H22N4O. The van der Waals surface area contributed by atoms with E-state index in [1.807, 2.05) is 59.2 Å². The molecule has 0 spiro atoms. The van der Waals surface area contributed by atoms with Gasteiger partial charge in [-0.25, -0.2) is 0 Å². The van der Waals surface area contributed by atoms with Gasteiger partial charge in [-0.1, -0.05) is 18.2 Å². The number of benzene rings is 1. The van der Waals surface area contributed by atoms with E-state index in [4.69, 9.17) is 0 Å². The first-order chi connectivity index (χ1) is 11.7. The fourth-order valence-corrected chi connectivity index (χ4v) is 3.58. The number of para-hydroxylation sites is 1. The van der Waals surface area contributed by atoms with Gasteiger partial charge in [0.05, 0.1) is 18.8 Å². The van der Waals surface area contributed by atoms with E-state index in [1.165, 1.54) is 6.42 Å². The van der Waals surface area contributed by atoms with E-state index in [9.17, 15) is 4.79 Å². The fraction of sp³-hybridized carbons (Fsp3) is 0.368. The molecule has 3 heterocycles. The van der Waals surface area contributed by atoms with Crippen molar-refractivity contribution in [2.24, 2.45) is 0 Å². The van der Waals surface area contributed by atoms with Gasteiger partial charge < -0.3 is 9.88 Å². The van der Waals surface area contributed by atoms with Gasteiger partial charge in [0.1, 0.15) is 5.69 Å². The number of hydrogen-bond donors (Lipinski definition) is 1. The Hall–Kier alpha value is -2.56. The van der Waals surface area contributed by atoms with Crippen LogP contribution in [-0.4, -0.2) is 38.2 Å². The lowest BCUT2D eigenvalue weighted by Gasteiger charge is -2.35. The van der Waals surface area contributed by atoms with E-state index in [0.717, 1.165) is 42.4 Å². The summed E-state index contributed by atoms with van der Waals surface area (Å²) in [5.41, 5.74) is 2.84. The highest BCUT2D eigenvalue weighted by atomic mass is 16.2. The van der Waals surface area contributed by atoms with E-state index in [1.54, 1.807) is 0 Å². The summed E-state index contributed by atoms with van der Waals surface area (Å²) in [6, 6.07) is 10.2. The van der Waals surface area contributed by atoms with Crippen LogP contribution in [0.3, 0.4) is 0 Å². The topological polar surface area (TPSA) is 53.9 Å². The monoisotopic (exact) mass is 322 g/mol. The molecule has 1 N–H and O–H groups in total. The highest BCUT2D eigenvalue weighted by molar-refractivity contribution is 5.98. The molecule has 4 rings (SSSR count). The van der Waals surface area contributed by atoms with Crippen LogP contribution in [0.1, 0.15) is 35.3 Å². The van der Waals surface area contributed by atoms with Crippen LogP contribution >= 0.6 is 0 Å². The number of fused-ring (bicyclic) bond motifs is 1. The number of aromatic amines is 1. The lowest BCUT2D eigenvalue weighted by molar-refractivity contribution is 0.0579. The van der Waals surface area contributed by atoms with Crippen molar-refractivity contribution < 1.29 is 4.79 Å². The maximum atomic E-state index is 13.0. The van der Waals surface area contributed by atoms with Crippen LogP contribution in [-0.2, 0) is 6.54 Å². The third kappa shape index (κ3) is 2.82. The van der Waals surface area contributed by atoms with Gasteiger partial charge in [0, 0.05) is 23.6 Å². The second-order valence-corrected chi connectivity index (χ2v) is 6.66. The Labute approximate surface area is 141 Å². The summed E-state index contributed by atoms with van der Waals surface area (Å²) in [6.07, 6.45) is 7.18. The molecular weight excluding hydrogens is 300 g/mol. The van der Waals surface area contributed by atoms with E-state index in [-0.39, 0.29) is 11.9 Å². The van der Waals surface area contributed by atoms with Crippen LogP contribution in [0, 0.1) is 6.92 Å². The molecule has 5 nitrogen and oxygen atoms in total. The van der Waals surface area contributed by atoms with Crippen molar-refractivity contribution in [3.05, 3.63) is 54.0 Å². The zero-order valence-corrected chi connectivity index (χ0v) is 13.9. The molecule has 24 heavy (non-hydrogen) atoms. The lowest BCUT2D eigenvalue weighted by atomic mass is 10.0. The SMILES string of the molecule is Cc1cnn(C[C@H]2CCCCN2C(=O)c2cc3ccccc3[nH]2)c1. The molecule has 0 bridgehead atoms. The fourth-order valence-electron chi connectivity index (χ4n) is 3.58. The number of hydrogen-bond acceptors (Lipinski definition) is 2. The number of nitrogens with zero attached hydrogens (tertiary/aromatic N) is 3. The first-order valence-corrected chi connectivity index (χ1v) is 8.58. The highest BCUT2D eigenvalue weighted by Gasteiger charge is 2.28. The minimum absolute atomic E-state index is 0.0970. The summed E-state index contributed by atoms with van der Waals surface area (Å²) in [6.45, 7) is 3.62. The Morgan fingerprint density at radius 2 is 2.21 bits per heavy atom. The maximum Gasteiger partial charge on any atom is 0.270 e. The molecule has 2 aromatic heterocycles. The van der Waals surface area contributed by atoms with Crippen LogP contribution in [0.4, 0.5) is 0 Å². The molecule has 1 fully saturated rings.